The first-order valence-corrected chi connectivity index (χ1v) is 10.0. The van der Waals surface area contributed by atoms with E-state index in [2.05, 4.69) is 23.4 Å². The van der Waals surface area contributed by atoms with Crippen LogP contribution in [0.2, 0.25) is 0 Å². The van der Waals surface area contributed by atoms with Crippen LogP contribution >= 0.6 is 0 Å². The number of hydrogen-bond donors (Lipinski definition) is 1. The molecular weight excluding hydrogens is 378 g/mol. The molecule has 0 aliphatic carbocycles. The van der Waals surface area contributed by atoms with Gasteiger partial charge in [-0.15, -0.1) is 0 Å². The Balaban J connectivity index is 1.41. The molecule has 30 heavy (non-hydrogen) atoms. The second-order valence-electron chi connectivity index (χ2n) is 7.42. The largest absolute Gasteiger partial charge is 0.456 e. The molecule has 3 aromatic rings. The van der Waals surface area contributed by atoms with Gasteiger partial charge in [0.05, 0.1) is 17.9 Å². The number of nitrogens with zero attached hydrogens (tertiary/aromatic N) is 2. The van der Waals surface area contributed by atoms with Gasteiger partial charge in [0.1, 0.15) is 0 Å². The molecule has 0 bridgehead atoms. The average Bonchev–Trinajstić information content (AvgIpc) is 3.22. The molecule has 0 fully saturated rings. The quantitative estimate of drug-likeness (QED) is 0.578. The Kier molecular flexibility index (Phi) is 7.01. The Hall–Kier alpha value is -3.41. The number of para-hydroxylation sites is 1. The van der Waals surface area contributed by atoms with E-state index in [9.17, 15) is 9.59 Å². The molecule has 0 saturated heterocycles. The first kappa shape index (κ1) is 21.3. The Labute approximate surface area is 176 Å². The highest BCUT2D eigenvalue weighted by Crippen LogP contribution is 2.16. The minimum Gasteiger partial charge on any atom is -0.456 e. The summed E-state index contributed by atoms with van der Waals surface area (Å²) >= 11 is 0. The van der Waals surface area contributed by atoms with Crippen LogP contribution in [0.1, 0.15) is 41.6 Å². The van der Waals surface area contributed by atoms with Gasteiger partial charge in [0.2, 0.25) is 0 Å². The molecule has 0 spiro atoms. The zero-order valence-corrected chi connectivity index (χ0v) is 17.6. The first-order chi connectivity index (χ1) is 14.4. The van der Waals surface area contributed by atoms with Gasteiger partial charge in [0.15, 0.2) is 6.61 Å². The van der Waals surface area contributed by atoms with Gasteiger partial charge in [0.25, 0.3) is 5.91 Å². The van der Waals surface area contributed by atoms with Crippen LogP contribution in [0.5, 0.6) is 0 Å². The third-order valence-electron chi connectivity index (χ3n) is 5.05. The highest BCUT2D eigenvalue weighted by molar-refractivity contribution is 5.80. The van der Waals surface area contributed by atoms with E-state index in [4.69, 9.17) is 4.74 Å². The fraction of sp³-hybridized carbons (Fsp3) is 0.292. The van der Waals surface area contributed by atoms with Gasteiger partial charge in [-0.1, -0.05) is 36.4 Å². The number of benzene rings is 2. The smallest absolute Gasteiger partial charge is 0.306 e. The molecule has 6 heteroatoms. The van der Waals surface area contributed by atoms with Crippen molar-refractivity contribution in [1.82, 2.24) is 15.1 Å². The van der Waals surface area contributed by atoms with Crippen molar-refractivity contribution >= 4 is 11.9 Å². The number of carbonyl (C=O) groups is 2. The van der Waals surface area contributed by atoms with Crippen molar-refractivity contribution in [3.8, 4) is 5.69 Å². The third-order valence-corrected chi connectivity index (χ3v) is 5.05. The number of hydrogen-bond acceptors (Lipinski definition) is 4. The number of esters is 1. The molecule has 1 aromatic heterocycles. The van der Waals surface area contributed by atoms with Crippen LogP contribution in [0, 0.1) is 13.8 Å². The maximum absolute atomic E-state index is 12.1. The van der Waals surface area contributed by atoms with Crippen molar-refractivity contribution in [3.63, 3.8) is 0 Å². The van der Waals surface area contributed by atoms with Gasteiger partial charge in [-0.25, -0.2) is 4.68 Å². The van der Waals surface area contributed by atoms with Crippen molar-refractivity contribution in [2.24, 2.45) is 0 Å². The zero-order valence-electron chi connectivity index (χ0n) is 17.6. The average molecular weight is 405 g/mol. The van der Waals surface area contributed by atoms with Gasteiger partial charge in [-0.05, 0) is 61.6 Å². The number of rotatable bonds is 8. The maximum atomic E-state index is 12.1. The van der Waals surface area contributed by atoms with Crippen LogP contribution < -0.4 is 5.32 Å². The number of aryl methyl sites for hydroxylation is 3. The Bertz CT molecular complexity index is 1010. The van der Waals surface area contributed by atoms with Crippen molar-refractivity contribution in [3.05, 3.63) is 83.2 Å². The lowest BCUT2D eigenvalue weighted by atomic mass is 10.0. The number of aromatic nitrogens is 2. The summed E-state index contributed by atoms with van der Waals surface area (Å²) in [5.41, 5.74) is 5.30. The molecule has 6 nitrogen and oxygen atoms in total. The molecule has 3 rings (SSSR count). The maximum Gasteiger partial charge on any atom is 0.306 e. The van der Waals surface area contributed by atoms with E-state index < -0.39 is 5.97 Å². The van der Waals surface area contributed by atoms with Gasteiger partial charge >= 0.3 is 5.97 Å². The molecule has 1 N–H and O–H groups in total. The molecule has 1 unspecified atom stereocenters. The highest BCUT2D eigenvalue weighted by atomic mass is 16.5. The lowest BCUT2D eigenvalue weighted by molar-refractivity contribution is -0.148. The monoisotopic (exact) mass is 405 g/mol. The van der Waals surface area contributed by atoms with E-state index in [1.54, 1.807) is 10.9 Å². The lowest BCUT2D eigenvalue weighted by Gasteiger charge is -2.15. The second-order valence-corrected chi connectivity index (χ2v) is 7.42. The fourth-order valence-corrected chi connectivity index (χ4v) is 3.08. The number of nitrogens with one attached hydrogen (secondary N) is 1. The molecule has 1 atom stereocenters. The summed E-state index contributed by atoms with van der Waals surface area (Å²) in [6.45, 7) is 5.72. The normalized spacial score (nSPS) is 11.7. The minimum atomic E-state index is -0.406. The molecule has 0 aliphatic rings. The Morgan fingerprint density at radius 2 is 1.87 bits per heavy atom. The van der Waals surface area contributed by atoms with Gasteiger partial charge in [-0.2, -0.15) is 5.10 Å². The molecule has 0 aliphatic heterocycles. The number of amides is 1. The van der Waals surface area contributed by atoms with Crippen LogP contribution in [0.15, 0.2) is 60.9 Å². The summed E-state index contributed by atoms with van der Waals surface area (Å²) < 4.78 is 6.88. The van der Waals surface area contributed by atoms with Gasteiger partial charge in [-0.3, -0.25) is 9.59 Å². The van der Waals surface area contributed by atoms with Crippen LogP contribution in [0.25, 0.3) is 5.69 Å². The summed E-state index contributed by atoms with van der Waals surface area (Å²) in [5.74, 6) is -0.720. The molecular formula is C24H27N3O3. The van der Waals surface area contributed by atoms with Crippen LogP contribution in [0.4, 0.5) is 0 Å². The van der Waals surface area contributed by atoms with E-state index in [1.807, 2.05) is 62.5 Å². The fourth-order valence-electron chi connectivity index (χ4n) is 3.08. The lowest BCUT2D eigenvalue weighted by Crippen LogP contribution is -2.31. The Morgan fingerprint density at radius 3 is 2.60 bits per heavy atom. The van der Waals surface area contributed by atoms with Crippen molar-refractivity contribution in [1.29, 1.82) is 0 Å². The van der Waals surface area contributed by atoms with Crippen LogP contribution in [0.3, 0.4) is 0 Å². The topological polar surface area (TPSA) is 73.2 Å². The predicted octanol–water partition coefficient (Wildman–Crippen LogP) is 3.84. The highest BCUT2D eigenvalue weighted by Gasteiger charge is 2.13. The number of ether oxygens (including phenoxy) is 1. The second kappa shape index (κ2) is 9.87. The molecule has 2 aromatic carbocycles. The molecule has 0 radical (unpaired) electrons. The number of carbonyl (C=O) groups excluding carboxylic acids is 2. The first-order valence-electron chi connectivity index (χ1n) is 10.0. The van der Waals surface area contributed by atoms with E-state index in [-0.39, 0.29) is 25.0 Å². The molecule has 1 heterocycles. The van der Waals surface area contributed by atoms with Gasteiger partial charge in [0, 0.05) is 12.6 Å². The minimum absolute atomic E-state index is 0.153. The summed E-state index contributed by atoms with van der Waals surface area (Å²) in [6.07, 6.45) is 4.32. The van der Waals surface area contributed by atoms with Crippen molar-refractivity contribution in [2.45, 2.75) is 39.7 Å². The van der Waals surface area contributed by atoms with Gasteiger partial charge < -0.3 is 10.1 Å². The predicted molar refractivity (Wildman–Crippen MR) is 115 cm³/mol. The van der Waals surface area contributed by atoms with Crippen LogP contribution in [-0.2, 0) is 20.7 Å². The zero-order chi connectivity index (χ0) is 21.5. The third kappa shape index (κ3) is 5.80. The summed E-state index contributed by atoms with van der Waals surface area (Å²) in [7, 11) is 0. The SMILES string of the molecule is Cc1ccc(C(C)NC(=O)COC(=O)CCc2cnn(-c3ccccc3)c2)cc1C. The molecule has 1 amide bonds. The summed E-state index contributed by atoms with van der Waals surface area (Å²) in [4.78, 5) is 24.1. The van der Waals surface area contributed by atoms with E-state index >= 15 is 0 Å². The summed E-state index contributed by atoms with van der Waals surface area (Å²) in [5, 5.41) is 7.18. The molecule has 156 valence electrons. The van der Waals surface area contributed by atoms with Crippen molar-refractivity contribution < 1.29 is 14.3 Å². The van der Waals surface area contributed by atoms with E-state index in [0.717, 1.165) is 16.8 Å². The van der Waals surface area contributed by atoms with Crippen molar-refractivity contribution in [2.75, 3.05) is 6.61 Å². The molecule has 0 saturated carbocycles. The standard InChI is InChI=1S/C24H27N3O3/c1-17-9-11-21(13-18(17)2)19(3)26-23(28)16-30-24(29)12-10-20-14-25-27(15-20)22-7-5-4-6-8-22/h4-9,11,13-15,19H,10,12,16H2,1-3H3,(H,26,28). The van der Waals surface area contributed by atoms with Crippen LogP contribution in [-0.4, -0.2) is 28.3 Å². The summed E-state index contributed by atoms with van der Waals surface area (Å²) in [6, 6.07) is 15.7. The van der Waals surface area contributed by atoms with E-state index in [0.29, 0.717) is 6.42 Å². The van der Waals surface area contributed by atoms with E-state index in [1.165, 1.54) is 11.1 Å². The Morgan fingerprint density at radius 1 is 1.10 bits per heavy atom.